The molecule has 1 fully saturated rings. The number of rotatable bonds is 3. The molecule has 0 bridgehead atoms. The van der Waals surface area contributed by atoms with E-state index in [2.05, 4.69) is 19.9 Å². The van der Waals surface area contributed by atoms with E-state index < -0.39 is 0 Å². The average molecular weight is 222 g/mol. The third-order valence-electron chi connectivity index (χ3n) is 4.42. The van der Waals surface area contributed by atoms with Crippen LogP contribution in [0.1, 0.15) is 46.5 Å². The summed E-state index contributed by atoms with van der Waals surface area (Å²) in [5, 5.41) is 0. The SMILES string of the molecule is CCOC(=O)C1CC1(C)[C@H]1CC=C(C)CC1. The zero-order valence-electron chi connectivity index (χ0n) is 10.6. The largest absolute Gasteiger partial charge is 0.466 e. The minimum absolute atomic E-state index is 0.0243. The van der Waals surface area contributed by atoms with Crippen LogP contribution in [0.4, 0.5) is 0 Å². The number of carbonyl (C=O) groups excluding carboxylic acids is 1. The van der Waals surface area contributed by atoms with Crippen LogP contribution in [0.15, 0.2) is 11.6 Å². The summed E-state index contributed by atoms with van der Waals surface area (Å²) in [5.41, 5.74) is 1.73. The summed E-state index contributed by atoms with van der Waals surface area (Å²) >= 11 is 0. The molecule has 0 spiro atoms. The second kappa shape index (κ2) is 4.23. The quantitative estimate of drug-likeness (QED) is 0.541. The predicted octanol–water partition coefficient (Wildman–Crippen LogP) is 3.32. The maximum Gasteiger partial charge on any atom is 0.309 e. The molecule has 0 heterocycles. The molecule has 0 aromatic carbocycles. The Labute approximate surface area is 98.1 Å². The Bertz CT molecular complexity index is 319. The monoisotopic (exact) mass is 222 g/mol. The highest BCUT2D eigenvalue weighted by molar-refractivity contribution is 5.77. The van der Waals surface area contributed by atoms with Crippen molar-refractivity contribution in [1.82, 2.24) is 0 Å². The van der Waals surface area contributed by atoms with E-state index in [4.69, 9.17) is 4.74 Å². The van der Waals surface area contributed by atoms with Crippen LogP contribution in [0.2, 0.25) is 0 Å². The van der Waals surface area contributed by atoms with Gasteiger partial charge in [0.25, 0.3) is 0 Å². The van der Waals surface area contributed by atoms with Crippen LogP contribution in [0.3, 0.4) is 0 Å². The van der Waals surface area contributed by atoms with Gasteiger partial charge in [0.15, 0.2) is 0 Å². The van der Waals surface area contributed by atoms with Crippen molar-refractivity contribution in [2.75, 3.05) is 6.61 Å². The minimum atomic E-state index is 0.0243. The Balaban J connectivity index is 1.94. The molecule has 2 aliphatic rings. The number of allylic oxidation sites excluding steroid dienone is 2. The van der Waals surface area contributed by atoms with Crippen LogP contribution in [0.5, 0.6) is 0 Å². The molecule has 0 N–H and O–H groups in total. The first-order valence-corrected chi connectivity index (χ1v) is 6.40. The maximum atomic E-state index is 11.7. The molecule has 3 atom stereocenters. The minimum Gasteiger partial charge on any atom is -0.466 e. The van der Waals surface area contributed by atoms with Crippen molar-refractivity contribution in [3.05, 3.63) is 11.6 Å². The summed E-state index contributed by atoms with van der Waals surface area (Å²) in [5.74, 6) is 0.881. The molecule has 1 saturated carbocycles. The molecule has 2 aliphatic carbocycles. The fourth-order valence-electron chi connectivity index (χ4n) is 2.99. The topological polar surface area (TPSA) is 26.3 Å². The van der Waals surface area contributed by atoms with Gasteiger partial charge in [-0.05, 0) is 50.9 Å². The molecular weight excluding hydrogens is 200 g/mol. The lowest BCUT2D eigenvalue weighted by atomic mass is 9.78. The molecule has 2 rings (SSSR count). The summed E-state index contributed by atoms with van der Waals surface area (Å²) in [6, 6.07) is 0. The number of hydrogen-bond donors (Lipinski definition) is 0. The normalized spacial score (nSPS) is 37.8. The summed E-state index contributed by atoms with van der Waals surface area (Å²) in [6.45, 7) is 6.85. The highest BCUT2D eigenvalue weighted by atomic mass is 16.5. The lowest BCUT2D eigenvalue weighted by Gasteiger charge is -2.27. The lowest BCUT2D eigenvalue weighted by molar-refractivity contribution is -0.145. The van der Waals surface area contributed by atoms with E-state index in [0.29, 0.717) is 12.5 Å². The van der Waals surface area contributed by atoms with Crippen molar-refractivity contribution in [2.45, 2.75) is 46.5 Å². The molecule has 0 aliphatic heterocycles. The zero-order chi connectivity index (χ0) is 11.8. The fourth-order valence-corrected chi connectivity index (χ4v) is 2.99. The van der Waals surface area contributed by atoms with Crippen LogP contribution in [0, 0.1) is 17.3 Å². The van der Waals surface area contributed by atoms with Gasteiger partial charge in [0.05, 0.1) is 12.5 Å². The number of carbonyl (C=O) groups is 1. The third kappa shape index (κ3) is 2.02. The van der Waals surface area contributed by atoms with Crippen molar-refractivity contribution in [3.63, 3.8) is 0 Å². The molecule has 2 heteroatoms. The summed E-state index contributed by atoms with van der Waals surface area (Å²) < 4.78 is 5.12. The van der Waals surface area contributed by atoms with Gasteiger partial charge in [-0.25, -0.2) is 0 Å². The van der Waals surface area contributed by atoms with Gasteiger partial charge < -0.3 is 4.74 Å². The van der Waals surface area contributed by atoms with Crippen molar-refractivity contribution in [1.29, 1.82) is 0 Å². The average Bonchev–Trinajstić information content (AvgIpc) is 2.93. The molecule has 0 aromatic rings. The van der Waals surface area contributed by atoms with Gasteiger partial charge in [0, 0.05) is 0 Å². The van der Waals surface area contributed by atoms with E-state index in [9.17, 15) is 4.79 Å². The second-order valence-electron chi connectivity index (χ2n) is 5.54. The maximum absolute atomic E-state index is 11.7. The zero-order valence-corrected chi connectivity index (χ0v) is 10.6. The molecular formula is C14H22O2. The number of esters is 1. The van der Waals surface area contributed by atoms with E-state index in [1.54, 1.807) is 0 Å². The van der Waals surface area contributed by atoms with Gasteiger partial charge in [-0.2, -0.15) is 0 Å². The van der Waals surface area contributed by atoms with Gasteiger partial charge >= 0.3 is 5.97 Å². The summed E-state index contributed by atoms with van der Waals surface area (Å²) in [4.78, 5) is 11.7. The number of ether oxygens (including phenoxy) is 1. The van der Waals surface area contributed by atoms with Gasteiger partial charge in [-0.1, -0.05) is 18.6 Å². The van der Waals surface area contributed by atoms with Crippen molar-refractivity contribution in [2.24, 2.45) is 17.3 Å². The Morgan fingerprint density at radius 1 is 1.62 bits per heavy atom. The van der Waals surface area contributed by atoms with Crippen LogP contribution in [-0.2, 0) is 9.53 Å². The molecule has 0 radical (unpaired) electrons. The first kappa shape index (κ1) is 11.7. The van der Waals surface area contributed by atoms with Crippen LogP contribution < -0.4 is 0 Å². The first-order chi connectivity index (χ1) is 7.58. The third-order valence-corrected chi connectivity index (χ3v) is 4.42. The molecule has 90 valence electrons. The Kier molecular flexibility index (Phi) is 3.09. The lowest BCUT2D eigenvalue weighted by Crippen LogP contribution is -2.21. The smallest absolute Gasteiger partial charge is 0.309 e. The summed E-state index contributed by atoms with van der Waals surface area (Å²) in [6.07, 6.45) is 6.98. The van der Waals surface area contributed by atoms with Crippen molar-refractivity contribution in [3.8, 4) is 0 Å². The van der Waals surface area contributed by atoms with Gasteiger partial charge in [0.2, 0.25) is 0 Å². The Morgan fingerprint density at radius 3 is 2.94 bits per heavy atom. The van der Waals surface area contributed by atoms with Gasteiger partial charge in [-0.3, -0.25) is 4.79 Å². The van der Waals surface area contributed by atoms with Gasteiger partial charge in [0.1, 0.15) is 0 Å². The standard InChI is InChI=1S/C14H22O2/c1-4-16-13(15)12-9-14(12,3)11-7-5-10(2)6-8-11/h5,11-12H,4,6-9H2,1-3H3/t11-,12?,14?/m0/s1. The van der Waals surface area contributed by atoms with Crippen LogP contribution in [0.25, 0.3) is 0 Å². The highest BCUT2D eigenvalue weighted by Gasteiger charge is 2.59. The molecule has 16 heavy (non-hydrogen) atoms. The van der Waals surface area contributed by atoms with E-state index in [-0.39, 0.29) is 17.3 Å². The van der Waals surface area contributed by atoms with E-state index in [0.717, 1.165) is 12.8 Å². The molecule has 0 amide bonds. The number of hydrogen-bond acceptors (Lipinski definition) is 2. The van der Waals surface area contributed by atoms with E-state index >= 15 is 0 Å². The summed E-state index contributed by atoms with van der Waals surface area (Å²) in [7, 11) is 0. The second-order valence-corrected chi connectivity index (χ2v) is 5.54. The van der Waals surface area contributed by atoms with Crippen LogP contribution in [-0.4, -0.2) is 12.6 Å². The molecule has 2 nitrogen and oxygen atoms in total. The van der Waals surface area contributed by atoms with Crippen molar-refractivity contribution < 1.29 is 9.53 Å². The predicted molar refractivity (Wildman–Crippen MR) is 63.9 cm³/mol. The highest BCUT2D eigenvalue weighted by Crippen LogP contribution is 2.61. The fraction of sp³-hybridized carbons (Fsp3) is 0.786. The van der Waals surface area contributed by atoms with Gasteiger partial charge in [-0.15, -0.1) is 0 Å². The molecule has 0 aromatic heterocycles. The molecule has 0 saturated heterocycles. The van der Waals surface area contributed by atoms with Crippen LogP contribution >= 0.6 is 0 Å². The van der Waals surface area contributed by atoms with Crippen molar-refractivity contribution >= 4 is 5.97 Å². The van der Waals surface area contributed by atoms with E-state index in [1.807, 2.05) is 6.92 Å². The van der Waals surface area contributed by atoms with E-state index in [1.165, 1.54) is 18.4 Å². The first-order valence-electron chi connectivity index (χ1n) is 6.40. The Hall–Kier alpha value is -0.790. The Morgan fingerprint density at radius 2 is 2.38 bits per heavy atom. The molecule has 2 unspecified atom stereocenters.